The van der Waals surface area contributed by atoms with Crippen LogP contribution in [0.5, 0.6) is 11.5 Å². The summed E-state index contributed by atoms with van der Waals surface area (Å²) in [7, 11) is 1.61. The monoisotopic (exact) mass is 342 g/mol. The van der Waals surface area contributed by atoms with Crippen molar-refractivity contribution in [3.05, 3.63) is 53.1 Å². The quantitative estimate of drug-likeness (QED) is 0.746. The summed E-state index contributed by atoms with van der Waals surface area (Å²) in [6.45, 7) is 6.81. The van der Waals surface area contributed by atoms with Crippen LogP contribution in [0.15, 0.2) is 36.4 Å². The molecule has 2 aromatic carbocycles. The Bertz CT molecular complexity index is 729. The summed E-state index contributed by atoms with van der Waals surface area (Å²) >= 11 is 0. The number of methoxy groups -OCH3 is 1. The number of urea groups is 1. The maximum absolute atomic E-state index is 12.1. The van der Waals surface area contributed by atoms with E-state index in [4.69, 9.17) is 9.47 Å². The molecule has 0 saturated heterocycles. The van der Waals surface area contributed by atoms with E-state index in [-0.39, 0.29) is 6.03 Å². The van der Waals surface area contributed by atoms with E-state index in [1.807, 2.05) is 50.2 Å². The fraction of sp³-hybridized carbons (Fsp3) is 0.350. The van der Waals surface area contributed by atoms with E-state index in [9.17, 15) is 4.79 Å². The average molecular weight is 342 g/mol. The van der Waals surface area contributed by atoms with Gasteiger partial charge in [-0.1, -0.05) is 31.2 Å². The minimum Gasteiger partial charge on any atom is -0.493 e. The van der Waals surface area contributed by atoms with E-state index in [2.05, 4.69) is 17.6 Å². The normalized spacial score (nSPS) is 10.2. The van der Waals surface area contributed by atoms with Gasteiger partial charge in [0.05, 0.1) is 13.7 Å². The molecule has 0 aliphatic heterocycles. The van der Waals surface area contributed by atoms with Crippen molar-refractivity contribution in [1.82, 2.24) is 5.32 Å². The lowest BCUT2D eigenvalue weighted by Crippen LogP contribution is -2.32. The zero-order chi connectivity index (χ0) is 18.2. The number of rotatable bonds is 7. The number of ether oxygens (including phenoxy) is 2. The highest BCUT2D eigenvalue weighted by molar-refractivity contribution is 5.91. The van der Waals surface area contributed by atoms with Crippen molar-refractivity contribution in [1.29, 1.82) is 0 Å². The molecule has 25 heavy (non-hydrogen) atoms. The van der Waals surface area contributed by atoms with Crippen LogP contribution >= 0.6 is 0 Å². The van der Waals surface area contributed by atoms with Crippen LogP contribution in [0.25, 0.3) is 0 Å². The minimum atomic E-state index is -0.233. The molecular formula is C20H26N2O3. The number of hydrogen-bond donors (Lipinski definition) is 2. The van der Waals surface area contributed by atoms with E-state index in [1.165, 1.54) is 0 Å². The molecule has 2 amide bonds. The first-order chi connectivity index (χ1) is 12.0. The van der Waals surface area contributed by atoms with Gasteiger partial charge in [-0.3, -0.25) is 0 Å². The van der Waals surface area contributed by atoms with Gasteiger partial charge < -0.3 is 20.1 Å². The number of nitrogens with one attached hydrogen (secondary N) is 2. The molecule has 0 bridgehead atoms. The van der Waals surface area contributed by atoms with E-state index >= 15 is 0 Å². The van der Waals surface area contributed by atoms with Gasteiger partial charge in [-0.15, -0.1) is 0 Å². The van der Waals surface area contributed by atoms with Gasteiger partial charge in [0.2, 0.25) is 0 Å². The van der Waals surface area contributed by atoms with Gasteiger partial charge in [-0.05, 0) is 49.1 Å². The third kappa shape index (κ3) is 5.14. The fourth-order valence-corrected chi connectivity index (χ4v) is 2.58. The molecule has 0 saturated carbocycles. The standard InChI is InChI=1S/C20H26N2O3/c1-5-16-8-6-7-15(3)19(16)22-20(23)21-11-12-25-17-10-9-14(2)13-18(17)24-4/h6-10,13H,5,11-12H2,1-4H3,(H2,21,22,23). The molecule has 2 aromatic rings. The van der Waals surface area contributed by atoms with Gasteiger partial charge in [0.1, 0.15) is 6.61 Å². The molecule has 0 heterocycles. The number of anilines is 1. The Morgan fingerprint density at radius 3 is 2.64 bits per heavy atom. The zero-order valence-electron chi connectivity index (χ0n) is 15.3. The predicted octanol–water partition coefficient (Wildman–Crippen LogP) is 4.07. The molecule has 134 valence electrons. The fourth-order valence-electron chi connectivity index (χ4n) is 2.58. The van der Waals surface area contributed by atoms with Gasteiger partial charge in [-0.25, -0.2) is 4.79 Å². The van der Waals surface area contributed by atoms with Crippen LogP contribution in [-0.2, 0) is 6.42 Å². The van der Waals surface area contributed by atoms with Crippen molar-refractivity contribution in [2.75, 3.05) is 25.6 Å². The average Bonchev–Trinajstić information content (AvgIpc) is 2.61. The first kappa shape index (κ1) is 18.6. The highest BCUT2D eigenvalue weighted by atomic mass is 16.5. The summed E-state index contributed by atoms with van der Waals surface area (Å²) < 4.78 is 11.0. The van der Waals surface area contributed by atoms with Crippen molar-refractivity contribution in [3.8, 4) is 11.5 Å². The highest BCUT2D eigenvalue weighted by Gasteiger charge is 2.08. The molecule has 0 fully saturated rings. The Hall–Kier alpha value is -2.69. The number of hydrogen-bond acceptors (Lipinski definition) is 3. The van der Waals surface area contributed by atoms with Gasteiger partial charge >= 0.3 is 6.03 Å². The van der Waals surface area contributed by atoms with Crippen molar-refractivity contribution in [2.45, 2.75) is 27.2 Å². The van der Waals surface area contributed by atoms with Gasteiger partial charge in [0.25, 0.3) is 0 Å². The second-order valence-electron chi connectivity index (χ2n) is 5.85. The third-order valence-electron chi connectivity index (χ3n) is 3.94. The number of carbonyl (C=O) groups excluding carboxylic acids is 1. The Labute approximate surface area is 149 Å². The SMILES string of the molecule is CCc1cccc(C)c1NC(=O)NCCOc1ccc(C)cc1OC. The van der Waals surface area contributed by atoms with Gasteiger partial charge in [0.15, 0.2) is 11.5 Å². The van der Waals surface area contributed by atoms with Crippen molar-refractivity contribution in [3.63, 3.8) is 0 Å². The molecule has 5 heteroatoms. The molecule has 0 aliphatic carbocycles. The summed E-state index contributed by atoms with van der Waals surface area (Å²) in [5.41, 5.74) is 4.15. The number of carbonyl (C=O) groups is 1. The maximum Gasteiger partial charge on any atom is 0.319 e. The molecular weight excluding hydrogens is 316 g/mol. The van der Waals surface area contributed by atoms with E-state index < -0.39 is 0 Å². The lowest BCUT2D eigenvalue weighted by Gasteiger charge is -2.14. The summed E-state index contributed by atoms with van der Waals surface area (Å²) in [6, 6.07) is 11.5. The van der Waals surface area contributed by atoms with Crippen LogP contribution in [-0.4, -0.2) is 26.3 Å². The van der Waals surface area contributed by atoms with Crippen LogP contribution in [0.3, 0.4) is 0 Å². The Morgan fingerprint density at radius 2 is 1.92 bits per heavy atom. The Morgan fingerprint density at radius 1 is 1.12 bits per heavy atom. The number of amides is 2. The summed E-state index contributed by atoms with van der Waals surface area (Å²) in [4.78, 5) is 12.1. The van der Waals surface area contributed by atoms with E-state index in [0.29, 0.717) is 24.7 Å². The van der Waals surface area contributed by atoms with Crippen molar-refractivity contribution >= 4 is 11.7 Å². The largest absolute Gasteiger partial charge is 0.493 e. The Balaban J connectivity index is 1.84. The van der Waals surface area contributed by atoms with Crippen molar-refractivity contribution < 1.29 is 14.3 Å². The molecule has 5 nitrogen and oxygen atoms in total. The van der Waals surface area contributed by atoms with Crippen LogP contribution in [0, 0.1) is 13.8 Å². The molecule has 0 aromatic heterocycles. The van der Waals surface area contributed by atoms with Crippen LogP contribution in [0.2, 0.25) is 0 Å². The Kier molecular flexibility index (Phi) is 6.69. The van der Waals surface area contributed by atoms with Crippen molar-refractivity contribution in [2.24, 2.45) is 0 Å². The highest BCUT2D eigenvalue weighted by Crippen LogP contribution is 2.27. The molecule has 2 rings (SSSR count). The third-order valence-corrected chi connectivity index (χ3v) is 3.94. The molecule has 0 unspecified atom stereocenters. The van der Waals surface area contributed by atoms with Crippen LogP contribution in [0.1, 0.15) is 23.6 Å². The smallest absolute Gasteiger partial charge is 0.319 e. The zero-order valence-corrected chi connectivity index (χ0v) is 15.3. The predicted molar refractivity (Wildman–Crippen MR) is 101 cm³/mol. The lowest BCUT2D eigenvalue weighted by molar-refractivity contribution is 0.246. The van der Waals surface area contributed by atoms with E-state index in [0.717, 1.165) is 28.8 Å². The molecule has 0 aliphatic rings. The molecule has 2 N–H and O–H groups in total. The summed E-state index contributed by atoms with van der Waals surface area (Å²) in [5, 5.41) is 5.74. The maximum atomic E-state index is 12.1. The first-order valence-corrected chi connectivity index (χ1v) is 8.46. The first-order valence-electron chi connectivity index (χ1n) is 8.46. The van der Waals surface area contributed by atoms with Crippen LogP contribution in [0.4, 0.5) is 10.5 Å². The molecule has 0 spiro atoms. The topological polar surface area (TPSA) is 59.6 Å². The number of aryl methyl sites for hydroxylation is 3. The minimum absolute atomic E-state index is 0.233. The second-order valence-corrected chi connectivity index (χ2v) is 5.85. The number of benzene rings is 2. The number of para-hydroxylation sites is 1. The molecule has 0 atom stereocenters. The van der Waals surface area contributed by atoms with Gasteiger partial charge in [-0.2, -0.15) is 0 Å². The van der Waals surface area contributed by atoms with E-state index in [1.54, 1.807) is 7.11 Å². The van der Waals surface area contributed by atoms with Gasteiger partial charge in [0, 0.05) is 5.69 Å². The summed E-state index contributed by atoms with van der Waals surface area (Å²) in [6.07, 6.45) is 0.869. The van der Waals surface area contributed by atoms with Crippen LogP contribution < -0.4 is 20.1 Å². The molecule has 0 radical (unpaired) electrons. The second kappa shape index (κ2) is 8.97. The summed E-state index contributed by atoms with van der Waals surface area (Å²) in [5.74, 6) is 1.36. The lowest BCUT2D eigenvalue weighted by atomic mass is 10.1.